The molecule has 1 N–H and O–H groups in total. The Morgan fingerprint density at radius 2 is 2.14 bits per heavy atom. The summed E-state index contributed by atoms with van der Waals surface area (Å²) in [7, 11) is 1.70. The zero-order valence-electron chi connectivity index (χ0n) is 16.7. The molecule has 0 radical (unpaired) electrons. The van der Waals surface area contributed by atoms with Gasteiger partial charge in [-0.2, -0.15) is 0 Å². The van der Waals surface area contributed by atoms with E-state index in [2.05, 4.69) is 46.4 Å². The number of benzene rings is 1. The number of nitrogens with one attached hydrogen (secondary N) is 1. The number of methoxy groups -OCH3 is 1. The van der Waals surface area contributed by atoms with E-state index in [-0.39, 0.29) is 23.5 Å². The fourth-order valence-electron chi connectivity index (χ4n) is 4.92. The van der Waals surface area contributed by atoms with Crippen LogP contribution in [0.25, 0.3) is 0 Å². The summed E-state index contributed by atoms with van der Waals surface area (Å²) in [5.41, 5.74) is 2.06. The van der Waals surface area contributed by atoms with Crippen LogP contribution in [0, 0.1) is 0 Å². The number of rotatable bonds is 4. The molecule has 148 valence electrons. The summed E-state index contributed by atoms with van der Waals surface area (Å²) in [6, 6.07) is 14.9. The molecule has 0 spiro atoms. The number of hydrogen-bond acceptors (Lipinski definition) is 4. The van der Waals surface area contributed by atoms with Crippen molar-refractivity contribution in [2.75, 3.05) is 7.11 Å². The number of amides is 1. The van der Waals surface area contributed by atoms with E-state index in [9.17, 15) is 4.79 Å². The molecule has 28 heavy (non-hydrogen) atoms. The van der Waals surface area contributed by atoms with Gasteiger partial charge in [-0.15, -0.1) is 0 Å². The third-order valence-electron chi connectivity index (χ3n) is 6.26. The monoisotopic (exact) mass is 379 g/mol. The SMILES string of the molecule is COc1cccc([C@@H]2C[C@]3(C)NC(=O)CCCC[C@@H]3N2Cc2ccccn2)c1. The lowest BCUT2D eigenvalue weighted by Gasteiger charge is -2.38. The quantitative estimate of drug-likeness (QED) is 0.877. The third kappa shape index (κ3) is 3.76. The van der Waals surface area contributed by atoms with Crippen molar-refractivity contribution in [3.63, 3.8) is 0 Å². The molecule has 0 aliphatic carbocycles. The summed E-state index contributed by atoms with van der Waals surface area (Å²) < 4.78 is 5.47. The normalized spacial score (nSPS) is 28.1. The summed E-state index contributed by atoms with van der Waals surface area (Å²) >= 11 is 0. The second kappa shape index (κ2) is 7.92. The average molecular weight is 380 g/mol. The lowest BCUT2D eigenvalue weighted by Crippen LogP contribution is -2.55. The Morgan fingerprint density at radius 3 is 2.93 bits per heavy atom. The molecule has 5 heteroatoms. The third-order valence-corrected chi connectivity index (χ3v) is 6.26. The zero-order valence-corrected chi connectivity index (χ0v) is 16.7. The maximum Gasteiger partial charge on any atom is 0.220 e. The second-order valence-electron chi connectivity index (χ2n) is 8.22. The number of aromatic nitrogens is 1. The fourth-order valence-corrected chi connectivity index (χ4v) is 4.92. The van der Waals surface area contributed by atoms with Gasteiger partial charge < -0.3 is 10.1 Å². The van der Waals surface area contributed by atoms with E-state index >= 15 is 0 Å². The predicted octanol–water partition coefficient (Wildman–Crippen LogP) is 3.85. The van der Waals surface area contributed by atoms with Crippen LogP contribution in [0.1, 0.15) is 56.3 Å². The van der Waals surface area contributed by atoms with Crippen LogP contribution in [0.4, 0.5) is 0 Å². The highest BCUT2D eigenvalue weighted by Crippen LogP contribution is 2.46. The minimum absolute atomic E-state index is 0.177. The molecule has 2 aliphatic heterocycles. The van der Waals surface area contributed by atoms with Crippen molar-refractivity contribution in [1.29, 1.82) is 0 Å². The van der Waals surface area contributed by atoms with Gasteiger partial charge in [0, 0.05) is 31.2 Å². The van der Waals surface area contributed by atoms with Gasteiger partial charge >= 0.3 is 0 Å². The van der Waals surface area contributed by atoms with Gasteiger partial charge in [0.05, 0.1) is 18.3 Å². The van der Waals surface area contributed by atoms with Crippen LogP contribution in [-0.2, 0) is 11.3 Å². The van der Waals surface area contributed by atoms with E-state index < -0.39 is 0 Å². The number of pyridine rings is 1. The van der Waals surface area contributed by atoms with E-state index in [1.807, 2.05) is 24.4 Å². The minimum Gasteiger partial charge on any atom is -0.497 e. The van der Waals surface area contributed by atoms with E-state index in [0.717, 1.165) is 43.7 Å². The summed E-state index contributed by atoms with van der Waals surface area (Å²) in [6.07, 6.45) is 6.50. The summed E-state index contributed by atoms with van der Waals surface area (Å²) in [5.74, 6) is 1.05. The smallest absolute Gasteiger partial charge is 0.220 e. The summed E-state index contributed by atoms with van der Waals surface area (Å²) in [6.45, 7) is 2.99. The van der Waals surface area contributed by atoms with Crippen LogP contribution >= 0.6 is 0 Å². The number of hydrogen-bond donors (Lipinski definition) is 1. The second-order valence-corrected chi connectivity index (χ2v) is 8.22. The molecule has 1 aromatic carbocycles. The van der Waals surface area contributed by atoms with Crippen LogP contribution in [0.2, 0.25) is 0 Å². The maximum absolute atomic E-state index is 12.4. The molecule has 1 aromatic heterocycles. The molecule has 5 nitrogen and oxygen atoms in total. The number of nitrogens with zero attached hydrogens (tertiary/aromatic N) is 2. The topological polar surface area (TPSA) is 54.5 Å². The first-order valence-electron chi connectivity index (χ1n) is 10.2. The van der Waals surface area contributed by atoms with Crippen molar-refractivity contribution in [2.24, 2.45) is 0 Å². The number of fused-ring (bicyclic) bond motifs is 1. The first kappa shape index (κ1) is 18.9. The molecule has 3 atom stereocenters. The van der Waals surface area contributed by atoms with E-state index in [1.54, 1.807) is 7.11 Å². The summed E-state index contributed by atoms with van der Waals surface area (Å²) in [4.78, 5) is 19.5. The van der Waals surface area contributed by atoms with Crippen molar-refractivity contribution in [1.82, 2.24) is 15.2 Å². The van der Waals surface area contributed by atoms with E-state index in [0.29, 0.717) is 6.42 Å². The molecular formula is C23H29N3O2. The van der Waals surface area contributed by atoms with Crippen LogP contribution < -0.4 is 10.1 Å². The Morgan fingerprint density at radius 1 is 1.25 bits per heavy atom. The Kier molecular flexibility index (Phi) is 5.36. The first-order valence-corrected chi connectivity index (χ1v) is 10.2. The predicted molar refractivity (Wildman–Crippen MR) is 109 cm³/mol. The fraction of sp³-hybridized carbons (Fsp3) is 0.478. The minimum atomic E-state index is -0.236. The van der Waals surface area contributed by atoms with Crippen molar-refractivity contribution >= 4 is 5.91 Å². The molecule has 2 fully saturated rings. The molecular weight excluding hydrogens is 350 g/mol. The highest BCUT2D eigenvalue weighted by molar-refractivity contribution is 5.77. The van der Waals surface area contributed by atoms with Crippen LogP contribution in [0.3, 0.4) is 0 Å². The van der Waals surface area contributed by atoms with Gasteiger partial charge in [0.1, 0.15) is 5.75 Å². The number of ether oxygens (including phenoxy) is 1. The number of likely N-dealkylation sites (tertiary alicyclic amines) is 1. The van der Waals surface area contributed by atoms with Crippen molar-refractivity contribution in [3.05, 3.63) is 59.9 Å². The summed E-state index contributed by atoms with van der Waals surface area (Å²) in [5, 5.41) is 3.37. The Labute approximate surface area is 167 Å². The van der Waals surface area contributed by atoms with Crippen molar-refractivity contribution in [3.8, 4) is 5.75 Å². The molecule has 0 unspecified atom stereocenters. The zero-order chi connectivity index (χ0) is 19.6. The molecule has 0 saturated carbocycles. The number of carbonyl (C=O) groups excluding carboxylic acids is 1. The molecule has 2 saturated heterocycles. The molecule has 3 heterocycles. The highest BCUT2D eigenvalue weighted by Gasteiger charge is 2.50. The Balaban J connectivity index is 1.72. The van der Waals surface area contributed by atoms with Crippen LogP contribution in [-0.4, -0.2) is 34.5 Å². The standard InChI is InChI=1S/C23H29N3O2/c1-23-15-20(17-8-7-10-19(14-17)28-2)26(16-18-9-5-6-13-24-18)21(23)11-3-4-12-22(27)25-23/h5-10,13-14,20-21H,3-4,11-12,15-16H2,1-2H3,(H,25,27)/t20-,21-,23-/m0/s1. The molecule has 2 aromatic rings. The maximum atomic E-state index is 12.4. The van der Waals surface area contributed by atoms with Gasteiger partial charge in [0.2, 0.25) is 5.91 Å². The molecule has 1 amide bonds. The Bertz CT molecular complexity index is 826. The van der Waals surface area contributed by atoms with Crippen molar-refractivity contribution < 1.29 is 9.53 Å². The van der Waals surface area contributed by atoms with E-state index in [4.69, 9.17) is 4.74 Å². The van der Waals surface area contributed by atoms with Gasteiger partial charge in [0.25, 0.3) is 0 Å². The van der Waals surface area contributed by atoms with Crippen LogP contribution in [0.15, 0.2) is 48.7 Å². The molecule has 2 aliphatic rings. The number of carbonyl (C=O) groups is 1. The largest absolute Gasteiger partial charge is 0.497 e. The van der Waals surface area contributed by atoms with Gasteiger partial charge in [-0.1, -0.05) is 24.6 Å². The van der Waals surface area contributed by atoms with Crippen LogP contribution in [0.5, 0.6) is 5.75 Å². The van der Waals surface area contributed by atoms with E-state index in [1.165, 1.54) is 5.56 Å². The lowest BCUT2D eigenvalue weighted by atomic mass is 9.85. The Hall–Kier alpha value is -2.40. The van der Waals surface area contributed by atoms with Gasteiger partial charge in [-0.3, -0.25) is 14.7 Å². The van der Waals surface area contributed by atoms with Crippen molar-refractivity contribution in [2.45, 2.75) is 63.2 Å². The van der Waals surface area contributed by atoms with Gasteiger partial charge in [-0.25, -0.2) is 0 Å². The first-order chi connectivity index (χ1) is 13.6. The lowest BCUT2D eigenvalue weighted by molar-refractivity contribution is -0.123. The molecule has 4 rings (SSSR count). The average Bonchev–Trinajstić information content (AvgIpc) is 2.95. The van der Waals surface area contributed by atoms with Gasteiger partial charge in [-0.05, 0) is 56.0 Å². The van der Waals surface area contributed by atoms with Gasteiger partial charge in [0.15, 0.2) is 0 Å². The highest BCUT2D eigenvalue weighted by atomic mass is 16.5. The molecule has 0 bridgehead atoms.